The molecule has 1 unspecified atom stereocenters. The standard InChI is InChI=1S/C35H38ClN3O4S/c1-26(2)23-37-35(41)33(21-28-11-6-4-7-12-28)38(24-29-19-17-27(3)18-20-29)34(40)25-39(31-14-10-13-30(36)22-31)44(42,43)32-15-8-5-9-16-32/h4-20,22,26,33H,21,23-25H2,1-3H3,(H,37,41). The Morgan fingerprint density at radius 2 is 1.45 bits per heavy atom. The van der Waals surface area contributed by atoms with Gasteiger partial charge in [-0.15, -0.1) is 0 Å². The summed E-state index contributed by atoms with van der Waals surface area (Å²) in [5.74, 6) is -0.624. The van der Waals surface area contributed by atoms with Crippen LogP contribution in [0.15, 0.2) is 114 Å². The van der Waals surface area contributed by atoms with Gasteiger partial charge in [0, 0.05) is 24.5 Å². The van der Waals surface area contributed by atoms with Crippen molar-refractivity contribution in [3.8, 4) is 0 Å². The van der Waals surface area contributed by atoms with Crippen molar-refractivity contribution in [2.45, 2.75) is 44.7 Å². The van der Waals surface area contributed by atoms with E-state index in [2.05, 4.69) is 5.32 Å². The third-order valence-corrected chi connectivity index (χ3v) is 9.16. The zero-order valence-corrected chi connectivity index (χ0v) is 26.8. The highest BCUT2D eigenvalue weighted by Crippen LogP contribution is 2.27. The zero-order valence-electron chi connectivity index (χ0n) is 25.2. The fraction of sp³-hybridized carbons (Fsp3) is 0.257. The van der Waals surface area contributed by atoms with Crippen molar-refractivity contribution in [2.24, 2.45) is 5.92 Å². The summed E-state index contributed by atoms with van der Waals surface area (Å²) < 4.78 is 29.1. The topological polar surface area (TPSA) is 86.8 Å². The molecule has 0 bridgehead atoms. The first-order valence-electron chi connectivity index (χ1n) is 14.5. The minimum Gasteiger partial charge on any atom is -0.354 e. The highest BCUT2D eigenvalue weighted by molar-refractivity contribution is 7.92. The molecule has 7 nitrogen and oxygen atoms in total. The molecule has 0 radical (unpaired) electrons. The lowest BCUT2D eigenvalue weighted by Gasteiger charge is -2.34. The molecule has 0 aliphatic rings. The first-order valence-corrected chi connectivity index (χ1v) is 16.4. The summed E-state index contributed by atoms with van der Waals surface area (Å²) in [7, 11) is -4.18. The molecule has 4 aromatic carbocycles. The molecule has 230 valence electrons. The van der Waals surface area contributed by atoms with E-state index in [4.69, 9.17) is 11.6 Å². The second-order valence-electron chi connectivity index (χ2n) is 11.2. The maximum atomic E-state index is 14.4. The number of nitrogens with zero attached hydrogens (tertiary/aromatic N) is 2. The average molecular weight is 632 g/mol. The number of halogens is 1. The lowest BCUT2D eigenvalue weighted by molar-refractivity contribution is -0.140. The van der Waals surface area contributed by atoms with Crippen LogP contribution in [-0.2, 0) is 32.6 Å². The number of anilines is 1. The number of sulfonamides is 1. The Morgan fingerprint density at radius 3 is 2.07 bits per heavy atom. The summed E-state index contributed by atoms with van der Waals surface area (Å²) in [5, 5.41) is 3.33. The highest BCUT2D eigenvalue weighted by Gasteiger charge is 2.34. The molecule has 1 atom stereocenters. The monoisotopic (exact) mass is 631 g/mol. The molecule has 0 spiro atoms. The lowest BCUT2D eigenvalue weighted by Crippen LogP contribution is -2.53. The van der Waals surface area contributed by atoms with Crippen LogP contribution in [0, 0.1) is 12.8 Å². The van der Waals surface area contributed by atoms with Crippen LogP contribution < -0.4 is 9.62 Å². The van der Waals surface area contributed by atoms with Gasteiger partial charge >= 0.3 is 0 Å². The Hall–Kier alpha value is -4.14. The number of hydrogen-bond donors (Lipinski definition) is 1. The fourth-order valence-corrected chi connectivity index (χ4v) is 6.36. The summed E-state index contributed by atoms with van der Waals surface area (Å²) in [6.45, 7) is 5.99. The van der Waals surface area contributed by atoms with E-state index in [1.165, 1.54) is 23.1 Å². The van der Waals surface area contributed by atoms with Gasteiger partial charge in [0.1, 0.15) is 12.6 Å². The summed E-state index contributed by atoms with van der Waals surface area (Å²) in [6.07, 6.45) is 0.255. The largest absolute Gasteiger partial charge is 0.354 e. The van der Waals surface area contributed by atoms with Crippen LogP contribution in [0.1, 0.15) is 30.5 Å². The van der Waals surface area contributed by atoms with Gasteiger partial charge in [0.05, 0.1) is 10.6 Å². The Bertz CT molecular complexity index is 1650. The average Bonchev–Trinajstić information content (AvgIpc) is 3.02. The second-order valence-corrected chi connectivity index (χ2v) is 13.5. The van der Waals surface area contributed by atoms with Crippen molar-refractivity contribution in [1.29, 1.82) is 0 Å². The summed E-state index contributed by atoms with van der Waals surface area (Å²) >= 11 is 6.28. The number of aryl methyl sites for hydroxylation is 1. The van der Waals surface area contributed by atoms with Crippen LogP contribution >= 0.6 is 11.6 Å². The van der Waals surface area contributed by atoms with Gasteiger partial charge in [-0.3, -0.25) is 13.9 Å². The van der Waals surface area contributed by atoms with E-state index >= 15 is 0 Å². The van der Waals surface area contributed by atoms with Gasteiger partial charge in [0.15, 0.2) is 0 Å². The van der Waals surface area contributed by atoms with Crippen LogP contribution in [0.3, 0.4) is 0 Å². The molecule has 0 saturated heterocycles. The van der Waals surface area contributed by atoms with Crippen LogP contribution in [0.25, 0.3) is 0 Å². The third-order valence-electron chi connectivity index (χ3n) is 7.14. The van der Waals surface area contributed by atoms with E-state index in [0.717, 1.165) is 21.0 Å². The van der Waals surface area contributed by atoms with Crippen molar-refractivity contribution in [1.82, 2.24) is 10.2 Å². The van der Waals surface area contributed by atoms with Crippen LogP contribution in [-0.4, -0.2) is 44.3 Å². The van der Waals surface area contributed by atoms with Gasteiger partial charge in [-0.05, 0) is 54.3 Å². The maximum absolute atomic E-state index is 14.4. The van der Waals surface area contributed by atoms with E-state index in [9.17, 15) is 18.0 Å². The predicted molar refractivity (Wildman–Crippen MR) is 176 cm³/mol. The SMILES string of the molecule is Cc1ccc(CN(C(=O)CN(c2cccc(Cl)c2)S(=O)(=O)c2ccccc2)C(Cc2ccccc2)C(=O)NCC(C)C)cc1. The number of benzene rings is 4. The van der Waals surface area contributed by atoms with Crippen molar-refractivity contribution in [3.63, 3.8) is 0 Å². The van der Waals surface area contributed by atoms with Crippen molar-refractivity contribution < 1.29 is 18.0 Å². The first kappa shape index (κ1) is 32.8. The molecule has 2 amide bonds. The number of carbonyl (C=O) groups excluding carboxylic acids is 2. The number of hydrogen-bond acceptors (Lipinski definition) is 4. The normalized spacial score (nSPS) is 12.0. The van der Waals surface area contributed by atoms with E-state index in [1.54, 1.807) is 36.4 Å². The molecule has 9 heteroatoms. The van der Waals surface area contributed by atoms with Gasteiger partial charge < -0.3 is 10.2 Å². The predicted octanol–water partition coefficient (Wildman–Crippen LogP) is 6.26. The smallest absolute Gasteiger partial charge is 0.264 e. The summed E-state index contributed by atoms with van der Waals surface area (Å²) in [5.41, 5.74) is 3.00. The molecule has 4 rings (SSSR count). The van der Waals surface area contributed by atoms with Crippen LogP contribution in [0.2, 0.25) is 5.02 Å². The Morgan fingerprint density at radius 1 is 0.818 bits per heavy atom. The van der Waals surface area contributed by atoms with Gasteiger partial charge in [0.25, 0.3) is 10.0 Å². The number of nitrogens with one attached hydrogen (secondary N) is 1. The van der Waals surface area contributed by atoms with E-state index < -0.39 is 28.5 Å². The van der Waals surface area contributed by atoms with Crippen molar-refractivity contribution in [3.05, 3.63) is 131 Å². The first-order chi connectivity index (χ1) is 21.0. The number of rotatable bonds is 13. The van der Waals surface area contributed by atoms with Crippen molar-refractivity contribution >= 4 is 39.1 Å². The Balaban J connectivity index is 1.79. The highest BCUT2D eigenvalue weighted by atomic mass is 35.5. The molecular formula is C35H38ClN3O4S. The van der Waals surface area contributed by atoms with E-state index in [-0.39, 0.29) is 35.4 Å². The number of amides is 2. The van der Waals surface area contributed by atoms with E-state index in [1.807, 2.05) is 75.4 Å². The van der Waals surface area contributed by atoms with Crippen molar-refractivity contribution in [2.75, 3.05) is 17.4 Å². The molecule has 0 fully saturated rings. The molecule has 0 aliphatic heterocycles. The van der Waals surface area contributed by atoms with Crippen LogP contribution in [0.4, 0.5) is 5.69 Å². The van der Waals surface area contributed by atoms with Crippen LogP contribution in [0.5, 0.6) is 0 Å². The quantitative estimate of drug-likeness (QED) is 0.189. The van der Waals surface area contributed by atoms with Gasteiger partial charge in [0.2, 0.25) is 11.8 Å². The summed E-state index contributed by atoms with van der Waals surface area (Å²) in [6, 6.07) is 30.6. The lowest BCUT2D eigenvalue weighted by atomic mass is 10.0. The van der Waals surface area contributed by atoms with E-state index in [0.29, 0.717) is 11.6 Å². The molecule has 1 N–H and O–H groups in total. The van der Waals surface area contributed by atoms with Gasteiger partial charge in [-0.2, -0.15) is 0 Å². The molecule has 0 heterocycles. The molecule has 0 aliphatic carbocycles. The minimum absolute atomic E-state index is 0.0355. The number of carbonyl (C=O) groups is 2. The Kier molecular flexibility index (Phi) is 11.2. The molecule has 0 saturated carbocycles. The third kappa shape index (κ3) is 8.71. The molecule has 4 aromatic rings. The molecular weight excluding hydrogens is 594 g/mol. The molecule has 0 aromatic heterocycles. The zero-order chi connectivity index (χ0) is 31.7. The molecule has 44 heavy (non-hydrogen) atoms. The fourth-order valence-electron chi connectivity index (χ4n) is 4.75. The Labute approximate surface area is 265 Å². The summed E-state index contributed by atoms with van der Waals surface area (Å²) in [4.78, 5) is 29.8. The minimum atomic E-state index is -4.18. The van der Waals surface area contributed by atoms with Gasteiger partial charge in [-0.25, -0.2) is 8.42 Å². The maximum Gasteiger partial charge on any atom is 0.264 e. The second kappa shape index (κ2) is 15.0. The van der Waals surface area contributed by atoms with Gasteiger partial charge in [-0.1, -0.05) is 110 Å².